The number of nitrogens with two attached hydrogens (primary N) is 3. The number of carbonyl (C=O) groups is 20. The molecule has 43 heteroatoms. The zero-order valence-corrected chi connectivity index (χ0v) is 66.2. The molecular formula is C73H111N17O26. The minimum absolute atomic E-state index is 0.0223. The van der Waals surface area contributed by atoms with Gasteiger partial charge >= 0.3 is 29.8 Å². The molecule has 1 aromatic heterocycles. The van der Waals surface area contributed by atoms with Gasteiger partial charge in [-0.2, -0.15) is 0 Å². The molecule has 0 aliphatic carbocycles. The van der Waals surface area contributed by atoms with E-state index in [1.54, 1.807) is 30.5 Å². The Morgan fingerprint density at radius 3 is 1.84 bits per heavy atom. The highest BCUT2D eigenvalue weighted by atomic mass is 16.5. The van der Waals surface area contributed by atoms with Crippen LogP contribution in [0.4, 0.5) is 0 Å². The molecule has 0 saturated carbocycles. The van der Waals surface area contributed by atoms with E-state index in [-0.39, 0.29) is 38.6 Å². The molecule has 1 saturated heterocycles. The van der Waals surface area contributed by atoms with E-state index in [0.29, 0.717) is 40.1 Å². The summed E-state index contributed by atoms with van der Waals surface area (Å²) in [4.78, 5) is 277. The maximum absolute atomic E-state index is 15.0. The molecule has 2 aromatic rings. The van der Waals surface area contributed by atoms with Gasteiger partial charge in [0.2, 0.25) is 88.6 Å². The molecule has 1 fully saturated rings. The van der Waals surface area contributed by atoms with E-state index in [9.17, 15) is 116 Å². The Kier molecular flexibility index (Phi) is 41.5. The normalized spacial score (nSPS) is 21.8. The maximum Gasteiger partial charge on any atom is 0.329 e. The second kappa shape index (κ2) is 49.0. The highest BCUT2D eigenvalue weighted by molar-refractivity contribution is 6.02. The van der Waals surface area contributed by atoms with Crippen LogP contribution in [0.25, 0.3) is 10.9 Å². The molecule has 0 radical (unpaired) electrons. The zero-order chi connectivity index (χ0) is 87.4. The van der Waals surface area contributed by atoms with Gasteiger partial charge in [-0.1, -0.05) is 84.9 Å². The van der Waals surface area contributed by atoms with Crippen molar-refractivity contribution in [2.75, 3.05) is 33.8 Å². The summed E-state index contributed by atoms with van der Waals surface area (Å²) >= 11 is 0. The summed E-state index contributed by atoms with van der Waals surface area (Å²) in [6.45, 7) is 7.78. The summed E-state index contributed by atoms with van der Waals surface area (Å²) in [5.41, 5.74) is 17.8. The van der Waals surface area contributed by atoms with Crippen LogP contribution in [-0.4, -0.2) is 261 Å². The number of para-hydroxylation sites is 1. The van der Waals surface area contributed by atoms with E-state index in [4.69, 9.17) is 21.9 Å². The Morgan fingerprint density at radius 1 is 0.629 bits per heavy atom. The van der Waals surface area contributed by atoms with Crippen molar-refractivity contribution in [1.82, 2.24) is 73.7 Å². The Morgan fingerprint density at radius 2 is 1.23 bits per heavy atom. The minimum Gasteiger partial charge on any atom is -0.481 e. The van der Waals surface area contributed by atoms with Crippen LogP contribution in [0.3, 0.4) is 0 Å². The number of rotatable bonds is 36. The topological polar surface area (TPSA) is 682 Å². The number of methoxy groups -OCH3 is 1. The standard InChI is InChI=1S/C73H111N17O26/c1-10-36(4)19-13-11-12-14-23-50(92)80-45(28-40-32-77-42-21-16-15-20-41(40)42)67(108)83-44(24-25-53(95)96)66(107)89-60(61(102)62(76)103)71(112)88-59-39(7)116-73(114)57(35(2)3)86-70(111)58(37(5)27-54(97)98)87-69(110)46(29-49(75)91)81-51(93)33-78-64(105)48(31-56(101)115-9)85-65(106)43(22-17-18-26-74)82-68(109)47(30-55(99)100)84-63(104)38(6)79-52(94)34-90(8)72(59)113/h15-16,20-21,32,35-39,43-48,57-61,77,102H,10-14,17-19,22-31,33-34,74H2,1-9H3,(H2,75,91)(H2,76,103)(H,78,105)(H,79,94)(H,80,92)(H,81,93)(H,82,109)(H,83,108)(H,84,104)(H,85,106)(H,86,111)(H,87,110)(H,88,112)(H,89,107)(H,95,96)(H,97,98)(H,99,100)/t36?,37?,38-,39+,43-,44-,45-,46-,47-,48-,57-,58-,59-,60-,61?/m0/s1. The second-order valence-corrected chi connectivity index (χ2v) is 28.7. The van der Waals surface area contributed by atoms with Crippen molar-refractivity contribution < 1.29 is 126 Å². The van der Waals surface area contributed by atoms with Gasteiger partial charge in [0.25, 0.3) is 0 Å². The third-order valence-corrected chi connectivity index (χ3v) is 18.8. The summed E-state index contributed by atoms with van der Waals surface area (Å²) < 4.78 is 10.4. The molecule has 1 aliphatic heterocycles. The number of H-pyrrole nitrogens is 1. The molecular weight excluding hydrogens is 1530 g/mol. The Hall–Kier alpha value is -11.9. The monoisotopic (exact) mass is 1640 g/mol. The number of nitrogens with one attached hydrogen (secondary N) is 13. The minimum atomic E-state index is -2.79. The van der Waals surface area contributed by atoms with Crippen molar-refractivity contribution in [3.05, 3.63) is 36.0 Å². The lowest BCUT2D eigenvalue weighted by Gasteiger charge is -2.32. The van der Waals surface area contributed by atoms with Gasteiger partial charge in [-0.25, -0.2) is 4.79 Å². The quantitative estimate of drug-likeness (QED) is 0.0224. The Labute approximate surface area is 667 Å². The van der Waals surface area contributed by atoms with E-state index in [0.717, 1.165) is 60.6 Å². The van der Waals surface area contributed by atoms with Crippen LogP contribution in [0.2, 0.25) is 0 Å². The molecule has 3 rings (SSSR count). The Balaban J connectivity index is 2.26. The fourth-order valence-electron chi connectivity index (χ4n) is 11.9. The lowest BCUT2D eigenvalue weighted by atomic mass is 9.95. The summed E-state index contributed by atoms with van der Waals surface area (Å²) in [5, 5.41) is 68.6. The number of cyclic esters (lactones) is 1. The first kappa shape index (κ1) is 98.3. The first-order valence-corrected chi connectivity index (χ1v) is 37.8. The number of hydrogen-bond donors (Lipinski definition) is 20. The predicted octanol–water partition coefficient (Wildman–Crippen LogP) is -5.51. The number of primary amides is 2. The fraction of sp³-hybridized carbons (Fsp3) is 0.616. The molecule has 15 atom stereocenters. The maximum atomic E-state index is 15.0. The van der Waals surface area contributed by atoms with Crippen LogP contribution in [-0.2, 0) is 112 Å². The number of aliphatic hydroxyl groups is 1. The summed E-state index contributed by atoms with van der Waals surface area (Å²) in [7, 11) is 1.82. The van der Waals surface area contributed by atoms with Crippen LogP contribution in [0.5, 0.6) is 0 Å². The van der Waals surface area contributed by atoms with Gasteiger partial charge < -0.3 is 121 Å². The van der Waals surface area contributed by atoms with Gasteiger partial charge in [-0.05, 0) is 81.9 Å². The molecule has 0 spiro atoms. The second-order valence-electron chi connectivity index (χ2n) is 28.7. The SMILES string of the molecule is CCC(C)CCCCCCC(=O)N[C@@H](Cc1c[nH]c2ccccc12)C(=O)N[C@@H](CCC(=O)O)C(=O)N[C@H](C(=O)N[C@@H]1C(=O)N(C)CC(=O)N[C@@H](C)C(=O)N[C@@H](CC(=O)O)C(=O)N[C@@H](CCCCN)C(=O)N[C@@H](CC(=O)OC)C(=O)NCC(=O)N[C@@H](CC(N)=O)C(=O)N[C@@H](C(C)CC(=O)O)C(=O)N[C@@H](C(C)C)C(=O)O[C@@H]1C)C(O)C(N)=O. The summed E-state index contributed by atoms with van der Waals surface area (Å²) in [5.74, 6) is -29.1. The number of esters is 2. The van der Waals surface area contributed by atoms with Crippen molar-refractivity contribution in [2.24, 2.45) is 35.0 Å². The van der Waals surface area contributed by atoms with Crippen molar-refractivity contribution in [3.8, 4) is 0 Å². The molecule has 3 unspecified atom stereocenters. The molecule has 0 bridgehead atoms. The number of likely N-dealkylation sites (N-methyl/N-ethyl adjacent to an activating group) is 1. The van der Waals surface area contributed by atoms with Gasteiger partial charge in [-0.3, -0.25) is 91.1 Å². The third-order valence-electron chi connectivity index (χ3n) is 18.8. The van der Waals surface area contributed by atoms with Crippen molar-refractivity contribution in [2.45, 2.75) is 236 Å². The Bertz CT molecular complexity index is 3850. The smallest absolute Gasteiger partial charge is 0.329 e. The molecule has 23 N–H and O–H groups in total. The number of ether oxygens (including phenoxy) is 2. The van der Waals surface area contributed by atoms with Crippen molar-refractivity contribution in [1.29, 1.82) is 0 Å². The number of carbonyl (C=O) groups excluding carboxylic acids is 17. The number of carboxylic acid groups (broad SMARTS) is 3. The number of aliphatic carboxylic acids is 3. The number of hydrogen-bond acceptors (Lipinski definition) is 24. The molecule has 1 aromatic carbocycles. The average Bonchev–Trinajstić information content (AvgIpc) is 1.48. The van der Waals surface area contributed by atoms with Crippen LogP contribution >= 0.6 is 0 Å². The van der Waals surface area contributed by atoms with Crippen LogP contribution in [0.15, 0.2) is 30.5 Å². The molecule has 2 heterocycles. The largest absolute Gasteiger partial charge is 0.481 e. The van der Waals surface area contributed by atoms with Crippen molar-refractivity contribution in [3.63, 3.8) is 0 Å². The van der Waals surface area contributed by atoms with Gasteiger partial charge in [0.05, 0.1) is 45.9 Å². The number of carboxylic acids is 3. The van der Waals surface area contributed by atoms with Crippen molar-refractivity contribution >= 4 is 129 Å². The lowest BCUT2D eigenvalue weighted by molar-refractivity contribution is -0.159. The van der Waals surface area contributed by atoms with Crippen LogP contribution in [0, 0.1) is 17.8 Å². The van der Waals surface area contributed by atoms with Gasteiger partial charge in [0, 0.05) is 43.4 Å². The van der Waals surface area contributed by atoms with E-state index < -0.39 is 261 Å². The fourth-order valence-corrected chi connectivity index (χ4v) is 11.9. The summed E-state index contributed by atoms with van der Waals surface area (Å²) in [6.07, 6.45) is -4.42. The van der Waals surface area contributed by atoms with Gasteiger partial charge in [-0.15, -0.1) is 0 Å². The highest BCUT2D eigenvalue weighted by Crippen LogP contribution is 2.22. The van der Waals surface area contributed by atoms with Gasteiger partial charge in [0.15, 0.2) is 6.10 Å². The number of nitrogens with zero attached hydrogens (tertiary/aromatic N) is 1. The first-order chi connectivity index (χ1) is 54.5. The average molecular weight is 1640 g/mol. The lowest BCUT2D eigenvalue weighted by Crippen LogP contribution is -2.64. The van der Waals surface area contributed by atoms with E-state index in [1.165, 1.54) is 13.8 Å². The number of unbranched alkanes of at least 4 members (excludes halogenated alkanes) is 4. The third kappa shape index (κ3) is 33.6. The summed E-state index contributed by atoms with van der Waals surface area (Å²) in [6, 6.07) is -15.1. The van der Waals surface area contributed by atoms with E-state index in [1.807, 2.05) is 5.32 Å². The number of amides is 15. The van der Waals surface area contributed by atoms with E-state index >= 15 is 0 Å². The molecule has 116 heavy (non-hydrogen) atoms. The number of fused-ring (bicyclic) bond motifs is 1. The van der Waals surface area contributed by atoms with Gasteiger partial charge in [0.1, 0.15) is 72.6 Å². The molecule has 15 amide bonds. The van der Waals surface area contributed by atoms with E-state index in [2.05, 4.69) is 82.1 Å². The molecule has 644 valence electrons. The number of aliphatic hydroxyl groups excluding tert-OH is 1. The molecule has 1 aliphatic rings. The zero-order valence-electron chi connectivity index (χ0n) is 66.2. The molecule has 43 nitrogen and oxygen atoms in total. The first-order valence-electron chi connectivity index (χ1n) is 37.8. The number of aromatic nitrogens is 1. The number of aromatic amines is 1. The van der Waals surface area contributed by atoms with Crippen LogP contribution in [0.1, 0.15) is 157 Å². The highest BCUT2D eigenvalue weighted by Gasteiger charge is 2.43. The number of benzene rings is 1. The predicted molar refractivity (Wildman–Crippen MR) is 406 cm³/mol. The van der Waals surface area contributed by atoms with Crippen LogP contribution < -0.4 is 81.0 Å².